The maximum Gasteiger partial charge on any atom is 0.475 e. The zero-order valence-electron chi connectivity index (χ0n) is 49.9. The number of allylic oxidation sites excluding steroid dienone is 1. The van der Waals surface area contributed by atoms with Crippen LogP contribution in [0.4, 0.5) is 4.79 Å². The van der Waals surface area contributed by atoms with E-state index in [1.165, 1.54) is 50.7 Å². The van der Waals surface area contributed by atoms with Gasteiger partial charge in [-0.2, -0.15) is 0 Å². The van der Waals surface area contributed by atoms with Gasteiger partial charge in [-0.15, -0.1) is 0 Å². The third-order valence-corrected chi connectivity index (χ3v) is 16.1. The van der Waals surface area contributed by atoms with E-state index in [9.17, 15) is 48.0 Å². The lowest BCUT2D eigenvalue weighted by molar-refractivity contribution is -0.154. The summed E-state index contributed by atoms with van der Waals surface area (Å²) >= 11 is 34.5. The van der Waals surface area contributed by atoms with E-state index in [4.69, 9.17) is 92.7 Å². The smallest absolute Gasteiger partial charge is 0.465 e. The number of esters is 2. The van der Waals surface area contributed by atoms with Gasteiger partial charge in [-0.3, -0.25) is 37.5 Å². The largest absolute Gasteiger partial charge is 0.475 e. The number of likely N-dealkylation sites (N-methyl/N-ethyl adjacent to an activating group) is 2. The number of nitrogens with zero attached hydrogens (tertiary/aromatic N) is 3. The summed E-state index contributed by atoms with van der Waals surface area (Å²) in [6, 6.07) is 3.02. The molecule has 9 atom stereocenters. The van der Waals surface area contributed by atoms with Crippen LogP contribution in [0.2, 0.25) is 0 Å². The maximum absolute atomic E-state index is 14.3. The Morgan fingerprint density at radius 3 is 1.95 bits per heavy atom. The van der Waals surface area contributed by atoms with Gasteiger partial charge in [-0.1, -0.05) is 172 Å². The van der Waals surface area contributed by atoms with Crippen molar-refractivity contribution >= 4 is 125 Å². The molecule has 0 aromatic heterocycles. The summed E-state index contributed by atoms with van der Waals surface area (Å²) in [7, 11) is -1.56. The second-order valence-electron chi connectivity index (χ2n) is 21.5. The highest BCUT2D eigenvalue weighted by Crippen LogP contribution is 2.52. The zero-order chi connectivity index (χ0) is 63.9. The van der Waals surface area contributed by atoms with Gasteiger partial charge in [0.25, 0.3) is 5.91 Å². The number of hydrogen-bond acceptors (Lipinski definition) is 14. The number of cyclic esters (lactones) is 2. The van der Waals surface area contributed by atoms with Crippen molar-refractivity contribution in [3.05, 3.63) is 59.2 Å². The molecule has 0 bridgehead atoms. The summed E-state index contributed by atoms with van der Waals surface area (Å²) in [5.74, 6) is -6.72. The highest BCUT2D eigenvalue weighted by atomic mass is 35.6. The second kappa shape index (κ2) is 36.4. The molecule has 0 radical (unpaired) electrons. The van der Waals surface area contributed by atoms with E-state index >= 15 is 0 Å². The number of nitrogens with one attached hydrogen (secondary N) is 3. The quantitative estimate of drug-likeness (QED) is 0.0293. The highest BCUT2D eigenvalue weighted by Gasteiger charge is 2.40. The van der Waals surface area contributed by atoms with Crippen molar-refractivity contribution < 1.29 is 71.1 Å². The van der Waals surface area contributed by atoms with Crippen LogP contribution in [-0.4, -0.2) is 164 Å². The lowest BCUT2D eigenvalue weighted by Gasteiger charge is -2.38. The van der Waals surface area contributed by atoms with Gasteiger partial charge in [0.15, 0.2) is 6.10 Å². The van der Waals surface area contributed by atoms with E-state index in [1.54, 1.807) is 64.1 Å². The van der Waals surface area contributed by atoms with E-state index in [2.05, 4.69) is 16.0 Å². The van der Waals surface area contributed by atoms with Gasteiger partial charge in [0.05, 0.1) is 13.2 Å². The minimum absolute atomic E-state index is 0.0203. The first-order chi connectivity index (χ1) is 39.0. The molecular formula is C56H85Cl6N6O15P. The Kier molecular flexibility index (Phi) is 33.0. The van der Waals surface area contributed by atoms with Gasteiger partial charge in [0, 0.05) is 44.6 Å². The Morgan fingerprint density at radius 2 is 1.40 bits per heavy atom. The molecule has 0 fully saturated rings. The van der Waals surface area contributed by atoms with Crippen LogP contribution in [0.3, 0.4) is 0 Å². The van der Waals surface area contributed by atoms with Crippen LogP contribution in [0.5, 0.6) is 0 Å². The minimum atomic E-state index is -4.36. The van der Waals surface area contributed by atoms with E-state index in [1.807, 2.05) is 20.8 Å². The Balaban J connectivity index is 2.64. The van der Waals surface area contributed by atoms with E-state index in [0.29, 0.717) is 49.7 Å². The molecule has 1 heterocycles. The molecule has 1 aliphatic rings. The lowest BCUT2D eigenvalue weighted by Crippen LogP contribution is -2.57. The number of alkyl halides is 6. The first-order valence-electron chi connectivity index (χ1n) is 27.9. The molecule has 84 heavy (non-hydrogen) atoms. The summed E-state index contributed by atoms with van der Waals surface area (Å²) < 4.78 is 37.0. The number of benzene rings is 1. The van der Waals surface area contributed by atoms with Crippen LogP contribution < -0.4 is 16.0 Å². The first kappa shape index (κ1) is 76.2. The number of carbonyl (C=O) groups excluding carboxylic acids is 7. The van der Waals surface area contributed by atoms with Gasteiger partial charge < -0.3 is 45.2 Å². The third kappa shape index (κ3) is 27.0. The minimum Gasteiger partial charge on any atom is -0.465 e. The molecule has 4 N–H and O–H groups in total. The van der Waals surface area contributed by atoms with Crippen LogP contribution in [0.15, 0.2) is 53.6 Å². The van der Waals surface area contributed by atoms with Crippen molar-refractivity contribution in [3.8, 4) is 0 Å². The molecule has 6 amide bonds. The Hall–Kier alpha value is -3.89. The predicted octanol–water partition coefficient (Wildman–Crippen LogP) is 10.1. The normalized spacial score (nSPS) is 24.3. The molecule has 2 rings (SSSR count). The fourth-order valence-corrected chi connectivity index (χ4v) is 10.9. The molecule has 0 saturated carbocycles. The number of carbonyl (C=O) groups is 8. The van der Waals surface area contributed by atoms with Gasteiger partial charge in [0.1, 0.15) is 43.5 Å². The number of rotatable bonds is 21. The van der Waals surface area contributed by atoms with Gasteiger partial charge in [-0.25, -0.2) is 18.9 Å². The van der Waals surface area contributed by atoms with Crippen LogP contribution in [0, 0.1) is 17.8 Å². The van der Waals surface area contributed by atoms with E-state index < -0.39 is 137 Å². The van der Waals surface area contributed by atoms with Crippen molar-refractivity contribution in [1.29, 1.82) is 0 Å². The third-order valence-electron chi connectivity index (χ3n) is 14.0. The van der Waals surface area contributed by atoms with E-state index in [-0.39, 0.29) is 43.9 Å². The fraction of sp³-hybridized carbons (Fsp3) is 0.679. The maximum atomic E-state index is 14.3. The first-order valence-corrected chi connectivity index (χ1v) is 31.6. The van der Waals surface area contributed by atoms with E-state index in [0.717, 1.165) is 4.90 Å². The zero-order valence-corrected chi connectivity index (χ0v) is 55.4. The highest BCUT2D eigenvalue weighted by molar-refractivity contribution is 7.48. The predicted molar refractivity (Wildman–Crippen MR) is 325 cm³/mol. The number of amides is 6. The summed E-state index contributed by atoms with van der Waals surface area (Å²) in [6.45, 7) is 14.6. The van der Waals surface area contributed by atoms with Crippen LogP contribution >= 0.6 is 77.4 Å². The number of phosphoric ester groups is 1. The summed E-state index contributed by atoms with van der Waals surface area (Å²) in [5.41, 5.74) is 1.26. The summed E-state index contributed by atoms with van der Waals surface area (Å²) in [4.78, 5) is 116. The molecular weight excluding hydrogens is 1240 g/mol. The fourth-order valence-electron chi connectivity index (χ4n) is 8.87. The Bertz CT molecular complexity index is 2440. The standard InChI is InChI=1S/C56H85Cl6N6O15P/c1-13-35(5)46-49(71)64-40(10)53(75)83-47(36(6)14-2)38(8)42(68(54(76)77)27-21-16-15-17-22-28-79-84(78,80-32-55(57,58)59)81-33-56(60,61)62)26-25-37(7)52(74)82-44(29-34(3)4)48(70)63-39(9)50(72)67(12)43(30-41-23-19-18-20-24-41)51(73)66(11)31-45(69)65-46/h14,18-20,23-25,34-35,38-40,42-44,46-47H,13,15-17,21-22,26-33H2,1-12H3,(H,63,70)(H,64,71)(H,65,69)(H,76,77)/b36-14+,37-25+/t35-,38+,39+,40-,42+,43-,44-,46+,47-/m1/s1. The molecule has 1 aliphatic heterocycles. The summed E-state index contributed by atoms with van der Waals surface area (Å²) in [5, 5.41) is 19.0. The van der Waals surface area contributed by atoms with Crippen molar-refractivity contribution in [1.82, 2.24) is 30.7 Å². The van der Waals surface area contributed by atoms with Gasteiger partial charge in [-0.05, 0) is 83.3 Å². The molecule has 476 valence electrons. The van der Waals surface area contributed by atoms with Crippen molar-refractivity contribution in [2.75, 3.05) is 47.0 Å². The van der Waals surface area contributed by atoms with Crippen LogP contribution in [0.1, 0.15) is 126 Å². The molecule has 0 spiro atoms. The van der Waals surface area contributed by atoms with Crippen molar-refractivity contribution in [2.45, 2.75) is 177 Å². The molecule has 1 aromatic carbocycles. The molecule has 1 aromatic rings. The van der Waals surface area contributed by atoms with Crippen LogP contribution in [-0.2, 0) is 67.6 Å². The summed E-state index contributed by atoms with van der Waals surface area (Å²) in [6.07, 6.45) is 2.03. The number of ether oxygens (including phenoxy) is 2. The molecule has 0 unspecified atom stereocenters. The molecule has 28 heteroatoms. The van der Waals surface area contributed by atoms with Gasteiger partial charge >= 0.3 is 25.9 Å². The Morgan fingerprint density at radius 1 is 0.833 bits per heavy atom. The monoisotopic (exact) mass is 1320 g/mol. The molecule has 0 saturated heterocycles. The number of phosphoric acid groups is 1. The number of unbranched alkanes of at least 4 members (excludes halogenated alkanes) is 4. The van der Waals surface area contributed by atoms with Gasteiger partial charge in [0.2, 0.25) is 31.2 Å². The Labute approximate surface area is 524 Å². The topological polar surface area (TPSA) is 266 Å². The van der Waals surface area contributed by atoms with Crippen molar-refractivity contribution in [2.24, 2.45) is 17.8 Å². The molecule has 21 nitrogen and oxygen atoms in total. The molecule has 0 aliphatic carbocycles. The average Bonchev–Trinajstić information content (AvgIpc) is 3.56. The number of halogens is 6. The van der Waals surface area contributed by atoms with Crippen molar-refractivity contribution in [3.63, 3.8) is 0 Å². The number of hydrogen-bond donors (Lipinski definition) is 4. The van der Waals surface area contributed by atoms with Crippen LogP contribution in [0.25, 0.3) is 0 Å². The second-order valence-corrected chi connectivity index (χ2v) is 28.2. The SMILES string of the molecule is C/C=C(\C)[C@H]1OC(=O)[C@@H](C)NC(=O)[C@H]([C@H](C)CC)NC(=O)CN(C)C(=O)[C@@H](Cc2ccccc2)N(C)C(=O)[C@H](C)NC(=O)[C@@H](CC(C)C)OC(=O)/C(C)=C/C[C@H](N(CCCCCCCOP(=O)(OCC(Cl)(Cl)Cl)OCC(Cl)(Cl)Cl)C(=O)O)[C@@H]1C. The lowest BCUT2D eigenvalue weighted by atomic mass is 9.87. The average molecular weight is 1330 g/mol. The number of carboxylic acid groups (broad SMARTS) is 1.